The summed E-state index contributed by atoms with van der Waals surface area (Å²) in [6, 6.07) is -1.81. The van der Waals surface area contributed by atoms with Crippen molar-refractivity contribution in [3.05, 3.63) is 0 Å². The Bertz CT molecular complexity index is 459. The molecule has 0 atom stereocenters. The Morgan fingerprint density at radius 1 is 1.12 bits per heavy atom. The second-order valence-electron chi connectivity index (χ2n) is 2.71. The zero-order valence-electron chi connectivity index (χ0n) is 8.42. The number of hydrogen-bond acceptors (Lipinski definition) is 5. The average molecular weight is 280 g/mol. The molecule has 2 amide bonds. The maximum Gasteiger partial charge on any atom is 0.403 e. The van der Waals surface area contributed by atoms with Crippen LogP contribution in [0, 0.1) is 0 Å². The fraction of sp³-hybridized carbons (Fsp3) is 0.800. The Labute approximate surface area is 92.3 Å². The van der Waals surface area contributed by atoms with Gasteiger partial charge in [-0.2, -0.15) is 25.4 Å². The smallest absolute Gasteiger partial charge is 0.246 e. The highest BCUT2D eigenvalue weighted by Crippen LogP contribution is 2.11. The number of carbonyl (C=O) groups excluding carboxylic acids is 1. The van der Waals surface area contributed by atoms with Gasteiger partial charge in [-0.3, -0.25) is 0 Å². The molecule has 0 aromatic rings. The quantitative estimate of drug-likeness (QED) is 0.685. The van der Waals surface area contributed by atoms with Gasteiger partial charge in [-0.15, -0.1) is 0 Å². The maximum absolute atomic E-state index is 12.6. The first-order valence-electron chi connectivity index (χ1n) is 3.96. The lowest BCUT2D eigenvalue weighted by atomic mass is 10.5. The minimum atomic E-state index is -5.42. The van der Waals surface area contributed by atoms with E-state index in [1.165, 1.54) is 6.92 Å². The number of hydrogen-bond donors (Lipinski definition) is 0. The van der Waals surface area contributed by atoms with Gasteiger partial charge in [0.1, 0.15) is 0 Å². The van der Waals surface area contributed by atoms with Crippen molar-refractivity contribution in [3.8, 4) is 0 Å². The van der Waals surface area contributed by atoms with Gasteiger partial charge < -0.3 is 0 Å². The molecule has 0 radical (unpaired) electrons. The van der Waals surface area contributed by atoms with E-state index in [-0.39, 0.29) is 10.7 Å². The lowest BCUT2D eigenvalue weighted by Gasteiger charge is -2.20. The van der Waals surface area contributed by atoms with E-state index in [2.05, 4.69) is 0 Å². The van der Waals surface area contributed by atoms with Crippen molar-refractivity contribution in [2.24, 2.45) is 0 Å². The van der Waals surface area contributed by atoms with E-state index in [0.717, 1.165) is 0 Å². The first-order chi connectivity index (χ1) is 7.01. The monoisotopic (exact) mass is 280 g/mol. The second kappa shape index (κ2) is 4.91. The third-order valence-corrected chi connectivity index (χ3v) is 3.18. The van der Waals surface area contributed by atoms with Gasteiger partial charge in [0, 0.05) is 13.6 Å². The van der Waals surface area contributed by atoms with E-state index >= 15 is 0 Å². The van der Waals surface area contributed by atoms with E-state index in [9.17, 15) is 29.4 Å². The highest BCUT2D eigenvalue weighted by molar-refractivity contribution is 7.85. The Hall–Kier alpha value is -0.970. The summed E-state index contributed by atoms with van der Waals surface area (Å²) in [4.78, 5) is 11.1. The number of halogens is 2. The molecule has 0 aliphatic heterocycles. The molecular formula is C5H10F2N2O5S2. The van der Waals surface area contributed by atoms with Gasteiger partial charge in [0.15, 0.2) is 0 Å². The summed E-state index contributed by atoms with van der Waals surface area (Å²) >= 11 is 0. The molecule has 0 aliphatic carbocycles. The molecule has 96 valence electrons. The van der Waals surface area contributed by atoms with Crippen molar-refractivity contribution in [1.82, 2.24) is 8.61 Å². The van der Waals surface area contributed by atoms with Crippen molar-refractivity contribution < 1.29 is 29.4 Å². The molecule has 0 aromatic carbocycles. The third kappa shape index (κ3) is 3.89. The summed E-state index contributed by atoms with van der Waals surface area (Å²) in [7, 11) is -10.4. The van der Waals surface area contributed by atoms with Crippen molar-refractivity contribution in [3.63, 3.8) is 0 Å². The summed E-state index contributed by atoms with van der Waals surface area (Å²) in [5, 5.41) is 0. The molecule has 0 bridgehead atoms. The van der Waals surface area contributed by atoms with Crippen LogP contribution in [0.3, 0.4) is 0 Å². The number of urea groups is 1. The standard InChI is InChI=1S/C5H10F2N2O5S2/c1-3-4-9(16(7,13)14)5(10)8(2)15(6,11)12/h3-4H2,1-2H3. The second-order valence-corrected chi connectivity index (χ2v) is 5.34. The molecule has 0 unspecified atom stereocenters. The molecule has 0 fully saturated rings. The Morgan fingerprint density at radius 2 is 1.56 bits per heavy atom. The minimum absolute atomic E-state index is 0.0507. The highest BCUT2D eigenvalue weighted by atomic mass is 32.3. The normalized spacial score (nSPS) is 12.2. The summed E-state index contributed by atoms with van der Waals surface area (Å²) in [5.74, 6) is 0. The molecule has 0 aromatic heterocycles. The SMILES string of the molecule is CCCN(C(=O)N(C)S(=O)(=O)F)S(=O)(=O)F. The van der Waals surface area contributed by atoms with Crippen molar-refractivity contribution in [2.45, 2.75) is 13.3 Å². The van der Waals surface area contributed by atoms with Gasteiger partial charge in [-0.1, -0.05) is 14.7 Å². The number of carbonyl (C=O) groups is 1. The zero-order valence-corrected chi connectivity index (χ0v) is 10.1. The Balaban J connectivity index is 5.21. The third-order valence-electron chi connectivity index (χ3n) is 1.50. The largest absolute Gasteiger partial charge is 0.403 e. The van der Waals surface area contributed by atoms with E-state index in [0.29, 0.717) is 7.05 Å². The van der Waals surface area contributed by atoms with Crippen LogP contribution in [0.15, 0.2) is 0 Å². The van der Waals surface area contributed by atoms with Crippen molar-refractivity contribution >= 4 is 26.8 Å². The zero-order chi connectivity index (χ0) is 13.1. The summed E-state index contributed by atoms with van der Waals surface area (Å²) in [6.07, 6.45) is 0.0507. The van der Waals surface area contributed by atoms with Crippen molar-refractivity contribution in [1.29, 1.82) is 0 Å². The number of amides is 2. The van der Waals surface area contributed by atoms with Crippen molar-refractivity contribution in [2.75, 3.05) is 13.6 Å². The highest BCUT2D eigenvalue weighted by Gasteiger charge is 2.34. The molecule has 0 saturated carbocycles. The Kier molecular flexibility index (Phi) is 4.61. The molecule has 11 heteroatoms. The molecule has 16 heavy (non-hydrogen) atoms. The molecular weight excluding hydrogens is 270 g/mol. The van der Waals surface area contributed by atoms with Crippen LogP contribution < -0.4 is 0 Å². The first-order valence-corrected chi connectivity index (χ1v) is 6.64. The van der Waals surface area contributed by atoms with E-state index < -0.39 is 37.7 Å². The van der Waals surface area contributed by atoms with Crippen LogP contribution in [0.4, 0.5) is 12.6 Å². The lowest BCUT2D eigenvalue weighted by Crippen LogP contribution is -2.44. The fourth-order valence-corrected chi connectivity index (χ4v) is 1.80. The van der Waals surface area contributed by atoms with Crippen LogP contribution in [0.25, 0.3) is 0 Å². The summed E-state index contributed by atoms with van der Waals surface area (Å²) in [6.45, 7) is 0.840. The topological polar surface area (TPSA) is 91.8 Å². The molecule has 0 rings (SSSR count). The summed E-state index contributed by atoms with van der Waals surface area (Å²) < 4.78 is 65.6. The van der Waals surface area contributed by atoms with Crippen LogP contribution in [0.2, 0.25) is 0 Å². The van der Waals surface area contributed by atoms with Gasteiger partial charge in [-0.25, -0.2) is 4.79 Å². The van der Waals surface area contributed by atoms with Crippen LogP contribution >= 0.6 is 0 Å². The van der Waals surface area contributed by atoms with Gasteiger partial charge in [0.05, 0.1) is 0 Å². The number of rotatable bonds is 4. The van der Waals surface area contributed by atoms with E-state index in [1.807, 2.05) is 0 Å². The predicted octanol–water partition coefficient (Wildman–Crippen LogP) is 0.179. The fourth-order valence-electron chi connectivity index (χ4n) is 0.751. The van der Waals surface area contributed by atoms with Crippen LogP contribution in [-0.4, -0.2) is 45.1 Å². The van der Waals surface area contributed by atoms with Crippen LogP contribution in [0.1, 0.15) is 13.3 Å². The molecule has 0 N–H and O–H groups in total. The predicted molar refractivity (Wildman–Crippen MR) is 50.2 cm³/mol. The van der Waals surface area contributed by atoms with Gasteiger partial charge >= 0.3 is 26.8 Å². The number of nitrogens with zero attached hydrogens (tertiary/aromatic N) is 2. The first kappa shape index (κ1) is 15.0. The van der Waals surface area contributed by atoms with Gasteiger partial charge in [-0.05, 0) is 6.42 Å². The molecule has 0 spiro atoms. The van der Waals surface area contributed by atoms with E-state index in [4.69, 9.17) is 0 Å². The Morgan fingerprint density at radius 3 is 1.81 bits per heavy atom. The molecule has 0 heterocycles. The molecule has 0 aliphatic rings. The minimum Gasteiger partial charge on any atom is -0.246 e. The van der Waals surface area contributed by atoms with Gasteiger partial charge in [0.25, 0.3) is 0 Å². The van der Waals surface area contributed by atoms with Gasteiger partial charge in [0.2, 0.25) is 0 Å². The average Bonchev–Trinajstić information content (AvgIpc) is 2.08. The lowest BCUT2D eigenvalue weighted by molar-refractivity contribution is 0.206. The molecule has 7 nitrogen and oxygen atoms in total. The van der Waals surface area contributed by atoms with Crippen LogP contribution in [-0.2, 0) is 20.8 Å². The summed E-state index contributed by atoms with van der Waals surface area (Å²) in [5.41, 5.74) is 0. The maximum atomic E-state index is 12.6. The van der Waals surface area contributed by atoms with Crippen LogP contribution in [0.5, 0.6) is 0 Å². The van der Waals surface area contributed by atoms with E-state index in [1.54, 1.807) is 0 Å². The molecule has 0 saturated heterocycles.